The number of nitrogens with zero attached hydrogens (tertiary/aromatic N) is 4. The van der Waals surface area contributed by atoms with Crippen LogP contribution in [0.3, 0.4) is 0 Å². The fourth-order valence-electron chi connectivity index (χ4n) is 1.18. The Morgan fingerprint density at radius 3 is 2.73 bits per heavy atom. The van der Waals surface area contributed by atoms with E-state index in [-0.39, 0.29) is 5.41 Å². The quantitative estimate of drug-likeness (QED) is 0.781. The Balaban J connectivity index is 2.15. The number of hydrogen-bond donors (Lipinski definition) is 0. The molecule has 80 valence electrons. The van der Waals surface area contributed by atoms with Crippen molar-refractivity contribution < 1.29 is 0 Å². The van der Waals surface area contributed by atoms with Gasteiger partial charge in [0.2, 0.25) is 0 Å². The van der Waals surface area contributed by atoms with Crippen molar-refractivity contribution in [1.82, 2.24) is 19.7 Å². The average molecular weight is 222 g/mol. The Bertz CT molecular complexity index is 424. The molecule has 0 saturated carbocycles. The summed E-state index contributed by atoms with van der Waals surface area (Å²) in [5.41, 5.74) is 1.26. The van der Waals surface area contributed by atoms with Gasteiger partial charge in [0.25, 0.3) is 0 Å². The first-order valence-corrected chi connectivity index (χ1v) is 5.71. The predicted molar refractivity (Wildman–Crippen MR) is 59.9 cm³/mol. The van der Waals surface area contributed by atoms with Crippen LogP contribution in [0, 0.1) is 0 Å². The van der Waals surface area contributed by atoms with Gasteiger partial charge in [-0.05, 0) is 0 Å². The van der Waals surface area contributed by atoms with E-state index in [1.165, 1.54) is 6.33 Å². The topological polar surface area (TPSA) is 43.6 Å². The van der Waals surface area contributed by atoms with Crippen LogP contribution in [0.25, 0.3) is 0 Å². The van der Waals surface area contributed by atoms with Crippen molar-refractivity contribution in [3.8, 4) is 0 Å². The monoisotopic (exact) mass is 222 g/mol. The molecule has 0 spiro atoms. The zero-order chi connectivity index (χ0) is 10.9. The lowest BCUT2D eigenvalue weighted by atomic mass is 9.93. The lowest BCUT2D eigenvalue weighted by molar-refractivity contribution is 0.567. The van der Waals surface area contributed by atoms with Crippen LogP contribution in [0.1, 0.15) is 31.5 Å². The fourth-order valence-corrected chi connectivity index (χ4v) is 2.19. The molecule has 0 aliphatic carbocycles. The highest BCUT2D eigenvalue weighted by atomic mass is 32.1. The normalized spacial score (nSPS) is 11.9. The van der Waals surface area contributed by atoms with E-state index >= 15 is 0 Å². The Kier molecular flexibility index (Phi) is 2.56. The minimum Gasteiger partial charge on any atom is -0.246 e. The zero-order valence-electron chi connectivity index (χ0n) is 9.14. The van der Waals surface area contributed by atoms with Crippen molar-refractivity contribution >= 4 is 11.3 Å². The highest BCUT2D eigenvalue weighted by Crippen LogP contribution is 2.23. The first kappa shape index (κ1) is 10.3. The second kappa shape index (κ2) is 3.73. The number of hydrogen-bond acceptors (Lipinski definition) is 4. The molecule has 0 fully saturated rings. The molecule has 5 heteroatoms. The van der Waals surface area contributed by atoms with Crippen LogP contribution >= 0.6 is 11.3 Å². The van der Waals surface area contributed by atoms with Gasteiger partial charge in [-0.2, -0.15) is 5.10 Å². The lowest BCUT2D eigenvalue weighted by Crippen LogP contribution is -2.11. The molecule has 2 heterocycles. The average Bonchev–Trinajstić information content (AvgIpc) is 2.73. The van der Waals surface area contributed by atoms with Crippen LogP contribution in [0.5, 0.6) is 0 Å². The Labute approximate surface area is 93.0 Å². The third kappa shape index (κ3) is 2.41. The van der Waals surface area contributed by atoms with Gasteiger partial charge in [0, 0.05) is 10.8 Å². The first-order valence-electron chi connectivity index (χ1n) is 4.83. The Hall–Kier alpha value is -1.23. The van der Waals surface area contributed by atoms with Crippen molar-refractivity contribution in [1.29, 1.82) is 0 Å². The van der Waals surface area contributed by atoms with Crippen LogP contribution in [0.4, 0.5) is 0 Å². The standard InChI is InChI=1S/C10H14N4S/c1-10(2,3)8-5-15-9(13-8)4-14-7-11-6-12-14/h5-7H,4H2,1-3H3. The molecule has 0 saturated heterocycles. The molecular weight excluding hydrogens is 208 g/mol. The van der Waals surface area contributed by atoms with Gasteiger partial charge >= 0.3 is 0 Å². The highest BCUT2D eigenvalue weighted by Gasteiger charge is 2.17. The van der Waals surface area contributed by atoms with E-state index in [9.17, 15) is 0 Å². The molecule has 15 heavy (non-hydrogen) atoms. The Morgan fingerprint density at radius 1 is 1.40 bits per heavy atom. The maximum atomic E-state index is 4.59. The molecule has 0 aliphatic rings. The largest absolute Gasteiger partial charge is 0.246 e. The summed E-state index contributed by atoms with van der Waals surface area (Å²) in [4.78, 5) is 8.49. The van der Waals surface area contributed by atoms with Gasteiger partial charge in [0.1, 0.15) is 17.7 Å². The molecule has 2 aromatic rings. The summed E-state index contributed by atoms with van der Waals surface area (Å²) in [5, 5.41) is 7.25. The van der Waals surface area contributed by atoms with E-state index in [1.54, 1.807) is 22.3 Å². The minimum absolute atomic E-state index is 0.122. The summed E-state index contributed by atoms with van der Waals surface area (Å²) in [7, 11) is 0. The summed E-state index contributed by atoms with van der Waals surface area (Å²) < 4.78 is 1.78. The van der Waals surface area contributed by atoms with Crippen molar-refractivity contribution in [3.63, 3.8) is 0 Å². The molecule has 4 nitrogen and oxygen atoms in total. The second-order valence-corrected chi connectivity index (χ2v) is 5.41. The molecule has 0 atom stereocenters. The molecule has 0 N–H and O–H groups in total. The van der Waals surface area contributed by atoms with Gasteiger partial charge in [-0.25, -0.2) is 14.6 Å². The molecule has 0 radical (unpaired) electrons. The van der Waals surface area contributed by atoms with E-state index < -0.39 is 0 Å². The molecule has 2 aromatic heterocycles. The third-order valence-electron chi connectivity index (χ3n) is 2.08. The number of thiazole rings is 1. The van der Waals surface area contributed by atoms with Crippen LogP contribution < -0.4 is 0 Å². The number of rotatable bonds is 2. The van der Waals surface area contributed by atoms with Gasteiger partial charge in [-0.15, -0.1) is 11.3 Å². The van der Waals surface area contributed by atoms with Crippen LogP contribution in [0.2, 0.25) is 0 Å². The fraction of sp³-hybridized carbons (Fsp3) is 0.500. The van der Waals surface area contributed by atoms with E-state index in [2.05, 4.69) is 41.2 Å². The molecular formula is C10H14N4S. The van der Waals surface area contributed by atoms with E-state index in [4.69, 9.17) is 0 Å². The maximum Gasteiger partial charge on any atom is 0.137 e. The van der Waals surface area contributed by atoms with Crippen molar-refractivity contribution in [2.75, 3.05) is 0 Å². The molecule has 0 aliphatic heterocycles. The summed E-state index contributed by atoms with van der Waals surface area (Å²) in [6, 6.07) is 0. The van der Waals surface area contributed by atoms with Crippen molar-refractivity contribution in [2.24, 2.45) is 0 Å². The SMILES string of the molecule is CC(C)(C)c1csc(Cn2cncn2)n1. The number of aromatic nitrogens is 4. The smallest absolute Gasteiger partial charge is 0.137 e. The molecule has 0 unspecified atom stereocenters. The summed E-state index contributed by atoms with van der Waals surface area (Å²) >= 11 is 1.67. The third-order valence-corrected chi connectivity index (χ3v) is 2.92. The first-order chi connectivity index (χ1) is 7.05. The lowest BCUT2D eigenvalue weighted by Gasteiger charge is -2.14. The van der Waals surface area contributed by atoms with Gasteiger partial charge in [-0.1, -0.05) is 20.8 Å². The van der Waals surface area contributed by atoms with Crippen LogP contribution in [0.15, 0.2) is 18.0 Å². The second-order valence-electron chi connectivity index (χ2n) is 4.47. The Morgan fingerprint density at radius 2 is 2.20 bits per heavy atom. The zero-order valence-corrected chi connectivity index (χ0v) is 9.95. The van der Waals surface area contributed by atoms with Crippen LogP contribution in [-0.2, 0) is 12.0 Å². The molecule has 0 aromatic carbocycles. The summed E-state index contributed by atoms with van der Waals surface area (Å²) in [5.74, 6) is 0. The molecule has 0 amide bonds. The maximum absolute atomic E-state index is 4.59. The van der Waals surface area contributed by atoms with E-state index in [0.29, 0.717) is 6.54 Å². The van der Waals surface area contributed by atoms with E-state index in [0.717, 1.165) is 10.7 Å². The molecule has 2 rings (SSSR count). The van der Waals surface area contributed by atoms with Gasteiger partial charge in [-0.3, -0.25) is 0 Å². The minimum atomic E-state index is 0.122. The summed E-state index contributed by atoms with van der Waals surface area (Å²) in [6.07, 6.45) is 3.25. The van der Waals surface area contributed by atoms with Crippen molar-refractivity contribution in [2.45, 2.75) is 32.7 Å². The van der Waals surface area contributed by atoms with Crippen molar-refractivity contribution in [3.05, 3.63) is 28.7 Å². The summed E-state index contributed by atoms with van der Waals surface area (Å²) in [6.45, 7) is 7.21. The molecule has 0 bridgehead atoms. The highest BCUT2D eigenvalue weighted by molar-refractivity contribution is 7.09. The van der Waals surface area contributed by atoms with Gasteiger partial charge in [0.05, 0.1) is 12.2 Å². The van der Waals surface area contributed by atoms with Gasteiger partial charge in [0.15, 0.2) is 0 Å². The van der Waals surface area contributed by atoms with Crippen LogP contribution in [-0.4, -0.2) is 19.7 Å². The predicted octanol–water partition coefficient (Wildman–Crippen LogP) is 2.08. The van der Waals surface area contributed by atoms with Gasteiger partial charge < -0.3 is 0 Å². The van der Waals surface area contributed by atoms with E-state index in [1.807, 2.05) is 0 Å².